The zero-order valence-electron chi connectivity index (χ0n) is 18.3. The van der Waals surface area contributed by atoms with Crippen LogP contribution in [0.3, 0.4) is 0 Å². The van der Waals surface area contributed by atoms with E-state index in [1.54, 1.807) is 0 Å². The van der Waals surface area contributed by atoms with Gasteiger partial charge < -0.3 is 67.8 Å². The Bertz CT molecular complexity index is 829. The second kappa shape index (κ2) is 16.0. The second-order valence-electron chi connectivity index (χ2n) is 6.32. The molecule has 0 amide bonds. The molecule has 0 radical (unpaired) electrons. The molecule has 0 aromatic rings. The van der Waals surface area contributed by atoms with Crippen molar-refractivity contribution in [2.45, 2.75) is 36.6 Å². The van der Waals surface area contributed by atoms with Crippen LogP contribution in [0.4, 0.5) is 0 Å². The summed E-state index contributed by atoms with van der Waals surface area (Å²) in [4.78, 5) is 114. The van der Waals surface area contributed by atoms with Crippen molar-refractivity contribution < 1.29 is 216 Å². The topological polar surface area (TPSA) is 406 Å². The molecular formula is C6H16K2O24P6. The van der Waals surface area contributed by atoms with Gasteiger partial charge in [0.25, 0.3) is 0 Å². The third-order valence-corrected chi connectivity index (χ3v) is 6.58. The summed E-state index contributed by atoms with van der Waals surface area (Å²) in [5.74, 6) is 0. The van der Waals surface area contributed by atoms with Gasteiger partial charge in [-0.1, -0.05) is 0 Å². The monoisotopic (exact) mass is 736 g/mol. The molecule has 1 fully saturated rings. The minimum atomic E-state index is -6.52. The summed E-state index contributed by atoms with van der Waals surface area (Å²) < 4.78 is 92.3. The first-order valence-corrected chi connectivity index (χ1v) is 17.1. The predicted octanol–water partition coefficient (Wildman–Crippen LogP) is -10.4. The Labute approximate surface area is 295 Å². The van der Waals surface area contributed by atoms with E-state index in [4.69, 9.17) is 48.9 Å². The van der Waals surface area contributed by atoms with Crippen LogP contribution in [0, 0.1) is 0 Å². The quantitative estimate of drug-likeness (QED) is 0.0656. The van der Waals surface area contributed by atoms with Gasteiger partial charge in [0.15, 0.2) is 0 Å². The zero-order valence-corrected chi connectivity index (χ0v) is 29.9. The number of phosphoric acid groups is 6. The van der Waals surface area contributed by atoms with Crippen LogP contribution in [-0.2, 0) is 54.5 Å². The van der Waals surface area contributed by atoms with E-state index in [0.717, 1.165) is 0 Å². The molecule has 0 aromatic heterocycles. The third-order valence-electron chi connectivity index (χ3n) is 3.49. The second-order valence-corrected chi connectivity index (χ2v) is 13.4. The molecule has 0 heterocycles. The summed E-state index contributed by atoms with van der Waals surface area (Å²) >= 11 is 0. The van der Waals surface area contributed by atoms with Gasteiger partial charge in [0.1, 0.15) is 36.6 Å². The first-order chi connectivity index (χ1) is 15.6. The van der Waals surface area contributed by atoms with E-state index in [1.807, 2.05) is 0 Å². The first-order valence-electron chi connectivity index (χ1n) is 7.97. The van der Waals surface area contributed by atoms with E-state index in [9.17, 15) is 37.2 Å². The molecular weight excluding hydrogens is 720 g/mol. The van der Waals surface area contributed by atoms with Gasteiger partial charge in [-0.25, -0.2) is 22.8 Å². The number of hydrogen-bond acceptors (Lipinski definition) is 14. The van der Waals surface area contributed by atoms with E-state index < -0.39 is 83.6 Å². The summed E-state index contributed by atoms with van der Waals surface area (Å²) in [5.41, 5.74) is 0. The largest absolute Gasteiger partial charge is 1.00 e. The predicted molar refractivity (Wildman–Crippen MR) is 97.1 cm³/mol. The fourth-order valence-electron chi connectivity index (χ4n) is 2.78. The van der Waals surface area contributed by atoms with Crippen LogP contribution in [0.25, 0.3) is 0 Å². The summed E-state index contributed by atoms with van der Waals surface area (Å²) in [7, 11) is -36.8. The number of hydrogen-bond donors (Lipinski definition) is 10. The normalized spacial score (nSPS) is 27.8. The Morgan fingerprint density at radius 1 is 0.368 bits per heavy atom. The first kappa shape index (κ1) is 44.1. The van der Waals surface area contributed by atoms with Gasteiger partial charge in [-0.3, -0.25) is 22.6 Å². The average molecular weight is 736 g/mol. The van der Waals surface area contributed by atoms with Crippen LogP contribution < -0.4 is 113 Å². The van der Waals surface area contributed by atoms with E-state index >= 15 is 0 Å². The molecule has 32 heteroatoms. The van der Waals surface area contributed by atoms with E-state index in [-0.39, 0.29) is 103 Å². The average Bonchev–Trinajstić information content (AvgIpc) is 2.51. The Balaban J connectivity index is 0. The van der Waals surface area contributed by atoms with Gasteiger partial charge in [-0.2, -0.15) is 0 Å². The molecule has 216 valence electrons. The molecule has 10 N–H and O–H groups in total. The molecule has 24 nitrogen and oxygen atoms in total. The molecule has 0 aliphatic heterocycles. The van der Waals surface area contributed by atoms with Crippen LogP contribution in [0.1, 0.15) is 0 Å². The van der Waals surface area contributed by atoms with Crippen molar-refractivity contribution >= 4 is 46.9 Å². The zero-order chi connectivity index (χ0) is 28.7. The van der Waals surface area contributed by atoms with Gasteiger partial charge in [0.2, 0.25) is 0 Å². The minimum absolute atomic E-state index is 0. The van der Waals surface area contributed by atoms with Crippen molar-refractivity contribution in [3.63, 3.8) is 0 Å². The molecule has 6 atom stereocenters. The summed E-state index contributed by atoms with van der Waals surface area (Å²) in [6.07, 6.45) is -19.3. The van der Waals surface area contributed by atoms with Crippen LogP contribution in [0.5, 0.6) is 0 Å². The standard InChI is InChI=1S/C6H18O24P6.2K/c7-31(8,9)25-1-2(26-32(10,11)12)4(28-34(16,17)18)6(30-36(22,23)24)5(29-35(19,20)21)3(1)27-33(13,14)15;;/h1-6H,(H2,7,8,9)(H2,10,11,12)(H2,13,14,15)(H2,16,17,18)(H2,19,20,21)(H2,22,23,24);;/q;2*+1/p-2/t1-,2-,3?,4?,5-,6-;;. The van der Waals surface area contributed by atoms with Crippen molar-refractivity contribution in [3.05, 3.63) is 0 Å². The van der Waals surface area contributed by atoms with Crippen LogP contribution in [0.15, 0.2) is 0 Å². The summed E-state index contributed by atoms with van der Waals surface area (Å²) in [5, 5.41) is 0. The molecule has 0 bridgehead atoms. The summed E-state index contributed by atoms with van der Waals surface area (Å²) in [6, 6.07) is 0. The van der Waals surface area contributed by atoms with Crippen molar-refractivity contribution in [3.8, 4) is 0 Å². The number of phosphoric ester groups is 6. The molecule has 38 heavy (non-hydrogen) atoms. The molecule has 2 unspecified atom stereocenters. The molecule has 0 spiro atoms. The molecule has 1 rings (SSSR count). The van der Waals surface area contributed by atoms with E-state index in [0.29, 0.717) is 0 Å². The minimum Gasteiger partial charge on any atom is -0.790 e. The molecule has 0 aromatic carbocycles. The molecule has 0 saturated heterocycles. The summed E-state index contributed by atoms with van der Waals surface area (Å²) in [6.45, 7) is 0. The van der Waals surface area contributed by atoms with Crippen molar-refractivity contribution in [1.82, 2.24) is 0 Å². The van der Waals surface area contributed by atoms with Crippen LogP contribution in [0.2, 0.25) is 0 Å². The van der Waals surface area contributed by atoms with Crippen molar-refractivity contribution in [2.75, 3.05) is 0 Å². The van der Waals surface area contributed by atoms with Gasteiger partial charge in [0, 0.05) is 0 Å². The fourth-order valence-corrected chi connectivity index (χ4v) is 6.11. The molecule has 1 aliphatic rings. The van der Waals surface area contributed by atoms with Crippen LogP contribution in [-0.4, -0.2) is 85.6 Å². The van der Waals surface area contributed by atoms with Crippen molar-refractivity contribution in [1.29, 1.82) is 0 Å². The smallest absolute Gasteiger partial charge is 0.790 e. The van der Waals surface area contributed by atoms with Crippen LogP contribution >= 0.6 is 46.9 Å². The number of rotatable bonds is 12. The molecule has 1 aliphatic carbocycles. The fraction of sp³-hybridized carbons (Fsp3) is 1.00. The maximum Gasteiger partial charge on any atom is 1.00 e. The maximum absolute atomic E-state index is 11.4. The van der Waals surface area contributed by atoms with Gasteiger partial charge in [-0.15, -0.1) is 0 Å². The Morgan fingerprint density at radius 2 is 0.500 bits per heavy atom. The van der Waals surface area contributed by atoms with Gasteiger partial charge >= 0.3 is 142 Å². The SMILES string of the molecule is O=P([O-])([O-])OC1[C@@H](OP(=O)(O)O)[C@H](OP(=O)(O)O)C(OP(=O)(O)O)[C@H](OP(=O)(O)O)[C@H]1OP(=O)(O)O.[K+].[K+]. The van der Waals surface area contributed by atoms with Gasteiger partial charge in [0.05, 0.1) is 7.82 Å². The maximum atomic E-state index is 11.4. The van der Waals surface area contributed by atoms with Crippen molar-refractivity contribution in [2.24, 2.45) is 0 Å². The molecule has 1 saturated carbocycles. The Hall–Kier alpha value is 3.93. The van der Waals surface area contributed by atoms with E-state index in [2.05, 4.69) is 27.1 Å². The Morgan fingerprint density at radius 3 is 0.605 bits per heavy atom. The third kappa shape index (κ3) is 18.0. The van der Waals surface area contributed by atoms with Gasteiger partial charge in [-0.05, 0) is 0 Å². The Kier molecular flexibility index (Phi) is 18.5. The van der Waals surface area contributed by atoms with E-state index in [1.165, 1.54) is 0 Å².